The number of aromatic nitrogens is 3. The topological polar surface area (TPSA) is 59.8 Å². The van der Waals surface area contributed by atoms with Crippen LogP contribution in [0.4, 0.5) is 5.13 Å². The smallest absolute Gasteiger partial charge is 0.250 e. The van der Waals surface area contributed by atoms with E-state index in [-0.39, 0.29) is 5.91 Å². The molecule has 0 atom stereocenters. The van der Waals surface area contributed by atoms with Crippen LogP contribution in [0, 0.1) is 6.92 Å². The van der Waals surface area contributed by atoms with Gasteiger partial charge < -0.3 is 0 Å². The second-order valence-corrected chi connectivity index (χ2v) is 6.30. The van der Waals surface area contributed by atoms with E-state index < -0.39 is 0 Å². The number of nitrogens with one attached hydrogen (secondary N) is 1. The van der Waals surface area contributed by atoms with E-state index in [9.17, 15) is 4.79 Å². The molecule has 1 N–H and O–H groups in total. The van der Waals surface area contributed by atoms with Crippen molar-refractivity contribution in [2.24, 2.45) is 7.05 Å². The van der Waals surface area contributed by atoms with Gasteiger partial charge in [-0.3, -0.25) is 14.8 Å². The number of rotatable bonds is 4. The Bertz CT molecular complexity index is 715. The van der Waals surface area contributed by atoms with Crippen molar-refractivity contribution < 1.29 is 4.79 Å². The molecule has 1 aliphatic rings. The number of thiazole rings is 1. The third-order valence-corrected chi connectivity index (χ3v) is 4.57. The summed E-state index contributed by atoms with van der Waals surface area (Å²) in [5, 5.41) is 10.1. The number of carbonyl (C=O) groups excluding carboxylic acids is 1. The normalized spacial score (nSPS) is 14.8. The van der Waals surface area contributed by atoms with E-state index in [1.807, 2.05) is 12.3 Å². The number of carbonyl (C=O) groups is 1. The molecule has 1 saturated carbocycles. The van der Waals surface area contributed by atoms with Crippen molar-refractivity contribution in [1.82, 2.24) is 14.8 Å². The average molecular weight is 323 g/mol. The lowest BCUT2D eigenvalue weighted by molar-refractivity contribution is -0.111. The van der Waals surface area contributed by atoms with Gasteiger partial charge in [0, 0.05) is 30.0 Å². The summed E-state index contributed by atoms with van der Waals surface area (Å²) in [5.41, 5.74) is 2.63. The van der Waals surface area contributed by atoms with Crippen molar-refractivity contribution in [3.05, 3.63) is 33.6 Å². The molecular formula is C14H15ClN4OS. The van der Waals surface area contributed by atoms with Gasteiger partial charge in [0.1, 0.15) is 5.15 Å². The fraction of sp³-hybridized carbons (Fsp3) is 0.357. The van der Waals surface area contributed by atoms with Crippen molar-refractivity contribution in [3.8, 4) is 0 Å². The van der Waals surface area contributed by atoms with Crippen LogP contribution in [-0.4, -0.2) is 20.7 Å². The summed E-state index contributed by atoms with van der Waals surface area (Å²) in [7, 11) is 1.77. The number of amides is 1. The van der Waals surface area contributed by atoms with Gasteiger partial charge in [-0.2, -0.15) is 5.10 Å². The van der Waals surface area contributed by atoms with Gasteiger partial charge in [-0.25, -0.2) is 4.98 Å². The molecule has 0 unspecified atom stereocenters. The van der Waals surface area contributed by atoms with E-state index >= 15 is 0 Å². The summed E-state index contributed by atoms with van der Waals surface area (Å²) in [6.07, 6.45) is 5.54. The van der Waals surface area contributed by atoms with Crippen LogP contribution in [0.15, 0.2) is 11.5 Å². The summed E-state index contributed by atoms with van der Waals surface area (Å²) in [6.45, 7) is 1.85. The van der Waals surface area contributed by atoms with Crippen LogP contribution in [0.2, 0.25) is 5.15 Å². The van der Waals surface area contributed by atoms with Crippen LogP contribution in [0.1, 0.15) is 35.7 Å². The molecule has 5 nitrogen and oxygen atoms in total. The molecule has 1 aliphatic carbocycles. The molecule has 2 aromatic heterocycles. The Balaban J connectivity index is 1.66. The summed E-state index contributed by atoms with van der Waals surface area (Å²) < 4.78 is 1.58. The zero-order valence-electron chi connectivity index (χ0n) is 11.8. The lowest BCUT2D eigenvalue weighted by Crippen LogP contribution is -2.07. The van der Waals surface area contributed by atoms with Crippen molar-refractivity contribution in [2.75, 3.05) is 5.32 Å². The van der Waals surface area contributed by atoms with Gasteiger partial charge in [0.05, 0.1) is 11.4 Å². The number of hydrogen-bond acceptors (Lipinski definition) is 4. The summed E-state index contributed by atoms with van der Waals surface area (Å²) in [5.74, 6) is 0.380. The highest BCUT2D eigenvalue weighted by atomic mass is 35.5. The first-order chi connectivity index (χ1) is 10.0. The molecule has 0 spiro atoms. The Morgan fingerprint density at radius 1 is 1.57 bits per heavy atom. The Hall–Kier alpha value is -1.66. The third-order valence-electron chi connectivity index (χ3n) is 3.35. The largest absolute Gasteiger partial charge is 0.298 e. The highest BCUT2D eigenvalue weighted by Gasteiger charge is 2.26. The standard InChI is InChI=1S/C14H15ClN4OS/c1-8-10(13(15)19(2)18-8)5-6-12(20)17-14-16-11(7-21-14)9-3-4-9/h5-7,9H,3-4H2,1-2H3,(H,16,17,20)/b6-5+. The predicted octanol–water partition coefficient (Wildman–Crippen LogP) is 3.37. The molecule has 0 radical (unpaired) electrons. The molecule has 110 valence electrons. The summed E-state index contributed by atoms with van der Waals surface area (Å²) >= 11 is 7.57. The van der Waals surface area contributed by atoms with Gasteiger partial charge in [0.15, 0.2) is 5.13 Å². The highest BCUT2D eigenvalue weighted by molar-refractivity contribution is 7.14. The minimum Gasteiger partial charge on any atom is -0.298 e. The van der Waals surface area contributed by atoms with Gasteiger partial charge in [0.2, 0.25) is 5.91 Å². The zero-order chi connectivity index (χ0) is 15.0. The molecular weight excluding hydrogens is 308 g/mol. The molecule has 21 heavy (non-hydrogen) atoms. The number of halogens is 1. The first-order valence-corrected chi connectivity index (χ1v) is 7.94. The van der Waals surface area contributed by atoms with Gasteiger partial charge >= 0.3 is 0 Å². The Kier molecular flexibility index (Phi) is 3.82. The number of hydrogen-bond donors (Lipinski definition) is 1. The maximum Gasteiger partial charge on any atom is 0.250 e. The monoisotopic (exact) mass is 322 g/mol. The Morgan fingerprint density at radius 3 is 2.95 bits per heavy atom. The number of anilines is 1. The van der Waals surface area contributed by atoms with Crippen molar-refractivity contribution in [1.29, 1.82) is 0 Å². The lowest BCUT2D eigenvalue weighted by Gasteiger charge is -1.96. The molecule has 0 aromatic carbocycles. The van der Waals surface area contributed by atoms with E-state index in [1.165, 1.54) is 30.3 Å². The minimum absolute atomic E-state index is 0.217. The molecule has 1 amide bonds. The van der Waals surface area contributed by atoms with Gasteiger partial charge in [0.25, 0.3) is 0 Å². The SMILES string of the molecule is Cc1nn(C)c(Cl)c1/C=C/C(=O)Nc1nc(C2CC2)cs1. The summed E-state index contributed by atoms with van der Waals surface area (Å²) in [6, 6.07) is 0. The predicted molar refractivity (Wildman–Crippen MR) is 84.7 cm³/mol. The first-order valence-electron chi connectivity index (χ1n) is 6.68. The Labute approximate surface area is 131 Å². The van der Waals surface area contributed by atoms with E-state index in [1.54, 1.807) is 17.8 Å². The highest BCUT2D eigenvalue weighted by Crippen LogP contribution is 2.40. The van der Waals surface area contributed by atoms with Gasteiger partial charge in [-0.15, -0.1) is 11.3 Å². The molecule has 1 fully saturated rings. The van der Waals surface area contributed by atoms with Crippen molar-refractivity contribution >= 4 is 40.1 Å². The number of aryl methyl sites for hydroxylation is 2. The molecule has 2 aromatic rings. The second kappa shape index (κ2) is 5.61. The van der Waals surface area contributed by atoms with Crippen LogP contribution >= 0.6 is 22.9 Å². The molecule has 0 aliphatic heterocycles. The number of nitrogens with zero attached hydrogens (tertiary/aromatic N) is 3. The van der Waals surface area contributed by atoms with Gasteiger partial charge in [-0.05, 0) is 25.8 Å². The molecule has 7 heteroatoms. The van der Waals surface area contributed by atoms with Crippen LogP contribution in [-0.2, 0) is 11.8 Å². The molecule has 0 bridgehead atoms. The fourth-order valence-corrected chi connectivity index (χ4v) is 3.08. The van der Waals surface area contributed by atoms with Gasteiger partial charge in [-0.1, -0.05) is 11.6 Å². The minimum atomic E-state index is -0.217. The van der Waals surface area contributed by atoms with Crippen LogP contribution in [0.5, 0.6) is 0 Å². The molecule has 2 heterocycles. The van der Waals surface area contributed by atoms with E-state index in [4.69, 9.17) is 11.6 Å². The maximum atomic E-state index is 11.9. The fourth-order valence-electron chi connectivity index (χ4n) is 2.05. The van der Waals surface area contributed by atoms with E-state index in [0.717, 1.165) is 17.0 Å². The zero-order valence-corrected chi connectivity index (χ0v) is 13.3. The second-order valence-electron chi connectivity index (χ2n) is 5.09. The van der Waals surface area contributed by atoms with Crippen LogP contribution in [0.3, 0.4) is 0 Å². The van der Waals surface area contributed by atoms with E-state index in [2.05, 4.69) is 15.4 Å². The lowest BCUT2D eigenvalue weighted by atomic mass is 10.2. The van der Waals surface area contributed by atoms with Crippen molar-refractivity contribution in [2.45, 2.75) is 25.7 Å². The third kappa shape index (κ3) is 3.16. The van der Waals surface area contributed by atoms with Crippen molar-refractivity contribution in [3.63, 3.8) is 0 Å². The maximum absolute atomic E-state index is 11.9. The molecule has 0 saturated heterocycles. The quantitative estimate of drug-likeness (QED) is 0.878. The first kappa shape index (κ1) is 14.3. The molecule has 3 rings (SSSR count). The van der Waals surface area contributed by atoms with Crippen LogP contribution < -0.4 is 5.32 Å². The van der Waals surface area contributed by atoms with Crippen LogP contribution in [0.25, 0.3) is 6.08 Å². The van der Waals surface area contributed by atoms with E-state index in [0.29, 0.717) is 16.2 Å². The summed E-state index contributed by atoms with van der Waals surface area (Å²) in [4.78, 5) is 16.3. The Morgan fingerprint density at radius 2 is 2.33 bits per heavy atom. The average Bonchev–Trinajstić information content (AvgIpc) is 3.13.